The van der Waals surface area contributed by atoms with Crippen molar-refractivity contribution < 1.29 is 4.39 Å². The monoisotopic (exact) mass is 322 g/mol. The standard InChI is InChI=1S/C16H13Cl2FN2/c1-10(12-4-2-3-5-13(12)18)21-15-8-11(19)6-7-14(15)20-16(21)9-17/h2-8,10H,9H2,1H3. The fourth-order valence-corrected chi connectivity index (χ4v) is 3.08. The van der Waals surface area contributed by atoms with Gasteiger partial charge in [-0.1, -0.05) is 29.8 Å². The lowest BCUT2D eigenvalue weighted by Crippen LogP contribution is -2.10. The van der Waals surface area contributed by atoms with E-state index in [1.54, 1.807) is 6.07 Å². The predicted octanol–water partition coefficient (Wildman–Crippen LogP) is 5.18. The summed E-state index contributed by atoms with van der Waals surface area (Å²) < 4.78 is 15.5. The Morgan fingerprint density at radius 1 is 1.24 bits per heavy atom. The van der Waals surface area contributed by atoms with Gasteiger partial charge in [-0.05, 0) is 36.8 Å². The third-order valence-corrected chi connectivity index (χ3v) is 4.17. The summed E-state index contributed by atoms with van der Waals surface area (Å²) in [6, 6.07) is 12.1. The summed E-state index contributed by atoms with van der Waals surface area (Å²) in [6.07, 6.45) is 0. The number of fused-ring (bicyclic) bond motifs is 1. The highest BCUT2D eigenvalue weighted by molar-refractivity contribution is 6.31. The number of halogens is 3. The van der Waals surface area contributed by atoms with Gasteiger partial charge in [0.15, 0.2) is 0 Å². The molecule has 5 heteroatoms. The van der Waals surface area contributed by atoms with E-state index >= 15 is 0 Å². The first-order valence-electron chi connectivity index (χ1n) is 6.58. The van der Waals surface area contributed by atoms with Crippen LogP contribution in [-0.4, -0.2) is 9.55 Å². The van der Waals surface area contributed by atoms with Crippen LogP contribution in [0.3, 0.4) is 0 Å². The van der Waals surface area contributed by atoms with Gasteiger partial charge in [0.1, 0.15) is 11.6 Å². The van der Waals surface area contributed by atoms with Crippen LogP contribution >= 0.6 is 23.2 Å². The van der Waals surface area contributed by atoms with Crippen LogP contribution in [0, 0.1) is 5.82 Å². The van der Waals surface area contributed by atoms with Gasteiger partial charge in [0.2, 0.25) is 0 Å². The average Bonchev–Trinajstić information content (AvgIpc) is 2.84. The van der Waals surface area contributed by atoms with Crippen molar-refractivity contribution >= 4 is 34.2 Å². The van der Waals surface area contributed by atoms with E-state index in [2.05, 4.69) is 4.98 Å². The molecule has 1 heterocycles. The van der Waals surface area contributed by atoms with Crippen molar-refractivity contribution in [3.63, 3.8) is 0 Å². The van der Waals surface area contributed by atoms with Gasteiger partial charge in [-0.25, -0.2) is 9.37 Å². The van der Waals surface area contributed by atoms with Gasteiger partial charge in [0.05, 0.1) is 23.0 Å². The van der Waals surface area contributed by atoms with Crippen LogP contribution in [0.1, 0.15) is 24.4 Å². The maximum absolute atomic E-state index is 13.6. The van der Waals surface area contributed by atoms with Crippen LogP contribution < -0.4 is 0 Å². The Kier molecular flexibility index (Phi) is 3.87. The van der Waals surface area contributed by atoms with Crippen LogP contribution in [0.4, 0.5) is 4.39 Å². The van der Waals surface area contributed by atoms with Crippen LogP contribution in [0.5, 0.6) is 0 Å². The van der Waals surface area contributed by atoms with Gasteiger partial charge in [0, 0.05) is 5.02 Å². The number of hydrogen-bond donors (Lipinski definition) is 0. The SMILES string of the molecule is CC(c1ccccc1Cl)n1c(CCl)nc2ccc(F)cc21. The topological polar surface area (TPSA) is 17.8 Å². The second-order valence-corrected chi connectivity index (χ2v) is 5.54. The Bertz CT molecular complexity index is 798. The van der Waals surface area contributed by atoms with Crippen molar-refractivity contribution in [3.05, 3.63) is 64.7 Å². The number of aromatic nitrogens is 2. The number of benzene rings is 2. The van der Waals surface area contributed by atoms with Crippen LogP contribution in [0.15, 0.2) is 42.5 Å². The molecule has 0 aliphatic rings. The summed E-state index contributed by atoms with van der Waals surface area (Å²) >= 11 is 12.3. The molecule has 21 heavy (non-hydrogen) atoms. The lowest BCUT2D eigenvalue weighted by molar-refractivity contribution is 0.618. The number of nitrogens with zero attached hydrogens (tertiary/aromatic N) is 2. The summed E-state index contributed by atoms with van der Waals surface area (Å²) in [5, 5.41) is 0.670. The van der Waals surface area contributed by atoms with E-state index in [-0.39, 0.29) is 17.7 Å². The molecule has 0 radical (unpaired) electrons. The number of imidazole rings is 1. The Hall–Kier alpha value is -1.58. The number of hydrogen-bond acceptors (Lipinski definition) is 1. The van der Waals surface area contributed by atoms with Crippen molar-refractivity contribution in [2.24, 2.45) is 0 Å². The van der Waals surface area contributed by atoms with Crippen molar-refractivity contribution in [1.82, 2.24) is 9.55 Å². The van der Waals surface area contributed by atoms with E-state index in [0.29, 0.717) is 10.8 Å². The molecule has 0 amide bonds. The van der Waals surface area contributed by atoms with Gasteiger partial charge in [0.25, 0.3) is 0 Å². The van der Waals surface area contributed by atoms with Gasteiger partial charge < -0.3 is 4.57 Å². The molecule has 0 fully saturated rings. The minimum absolute atomic E-state index is 0.0840. The Balaban J connectivity index is 2.23. The average molecular weight is 323 g/mol. The lowest BCUT2D eigenvalue weighted by Gasteiger charge is -2.18. The van der Waals surface area contributed by atoms with E-state index in [4.69, 9.17) is 23.2 Å². The van der Waals surface area contributed by atoms with Crippen molar-refractivity contribution in [2.75, 3.05) is 0 Å². The number of rotatable bonds is 3. The van der Waals surface area contributed by atoms with Crippen molar-refractivity contribution in [2.45, 2.75) is 18.8 Å². The molecule has 0 saturated heterocycles. The molecule has 108 valence electrons. The zero-order chi connectivity index (χ0) is 15.0. The Morgan fingerprint density at radius 2 is 2.00 bits per heavy atom. The molecule has 0 aliphatic heterocycles. The maximum atomic E-state index is 13.6. The zero-order valence-corrected chi connectivity index (χ0v) is 12.9. The van der Waals surface area contributed by atoms with Crippen LogP contribution in [0.2, 0.25) is 5.02 Å². The molecule has 2 aromatic carbocycles. The summed E-state index contributed by atoms with van der Waals surface area (Å²) in [5.41, 5.74) is 2.40. The molecular weight excluding hydrogens is 310 g/mol. The molecule has 0 N–H and O–H groups in total. The molecule has 0 aliphatic carbocycles. The van der Waals surface area contributed by atoms with Gasteiger partial charge in [-0.3, -0.25) is 0 Å². The summed E-state index contributed by atoms with van der Waals surface area (Å²) in [5.74, 6) is 0.659. The predicted molar refractivity (Wildman–Crippen MR) is 84.5 cm³/mol. The maximum Gasteiger partial charge on any atom is 0.125 e. The number of alkyl halides is 1. The minimum atomic E-state index is -0.295. The van der Waals surface area contributed by atoms with E-state index in [0.717, 1.165) is 16.6 Å². The van der Waals surface area contributed by atoms with Crippen molar-refractivity contribution in [3.8, 4) is 0 Å². The molecule has 1 unspecified atom stereocenters. The van der Waals surface area contributed by atoms with Gasteiger partial charge in [-0.15, -0.1) is 11.6 Å². The van der Waals surface area contributed by atoms with E-state index in [9.17, 15) is 4.39 Å². The largest absolute Gasteiger partial charge is 0.319 e. The van der Waals surface area contributed by atoms with Crippen LogP contribution in [0.25, 0.3) is 11.0 Å². The highest BCUT2D eigenvalue weighted by Crippen LogP contribution is 2.30. The fourth-order valence-electron chi connectivity index (χ4n) is 2.60. The second-order valence-electron chi connectivity index (χ2n) is 4.86. The molecule has 3 rings (SSSR count). The second kappa shape index (κ2) is 5.66. The molecule has 3 aromatic rings. The quantitative estimate of drug-likeness (QED) is 0.608. The van der Waals surface area contributed by atoms with Gasteiger partial charge in [-0.2, -0.15) is 0 Å². The van der Waals surface area contributed by atoms with E-state index < -0.39 is 0 Å². The smallest absolute Gasteiger partial charge is 0.125 e. The van der Waals surface area contributed by atoms with Gasteiger partial charge >= 0.3 is 0 Å². The molecule has 2 nitrogen and oxygen atoms in total. The van der Waals surface area contributed by atoms with Crippen molar-refractivity contribution in [1.29, 1.82) is 0 Å². The third kappa shape index (κ3) is 2.52. The molecular formula is C16H13Cl2FN2. The summed E-state index contributed by atoms with van der Waals surface area (Å²) in [7, 11) is 0. The summed E-state index contributed by atoms with van der Waals surface area (Å²) in [6.45, 7) is 2.00. The first-order chi connectivity index (χ1) is 10.1. The minimum Gasteiger partial charge on any atom is -0.319 e. The normalized spacial score (nSPS) is 12.8. The zero-order valence-electron chi connectivity index (χ0n) is 11.4. The fraction of sp³-hybridized carbons (Fsp3) is 0.188. The molecule has 1 atom stereocenters. The van der Waals surface area contributed by atoms with E-state index in [1.165, 1.54) is 12.1 Å². The highest BCUT2D eigenvalue weighted by atomic mass is 35.5. The molecule has 0 spiro atoms. The Labute approximate surface area is 132 Å². The molecule has 1 aromatic heterocycles. The first kappa shape index (κ1) is 14.4. The lowest BCUT2D eigenvalue weighted by atomic mass is 10.1. The van der Waals surface area contributed by atoms with Crippen LogP contribution in [-0.2, 0) is 5.88 Å². The highest BCUT2D eigenvalue weighted by Gasteiger charge is 2.18. The third-order valence-electron chi connectivity index (χ3n) is 3.59. The van der Waals surface area contributed by atoms with E-state index in [1.807, 2.05) is 35.8 Å². The molecule has 0 saturated carbocycles. The first-order valence-corrected chi connectivity index (χ1v) is 7.50. The Morgan fingerprint density at radius 3 is 2.71 bits per heavy atom. The summed E-state index contributed by atoms with van der Waals surface area (Å²) in [4.78, 5) is 4.47. The molecule has 0 bridgehead atoms.